The van der Waals surface area contributed by atoms with Crippen molar-refractivity contribution < 1.29 is 8.85 Å². The van der Waals surface area contributed by atoms with Crippen molar-refractivity contribution in [1.29, 1.82) is 0 Å². The summed E-state index contributed by atoms with van der Waals surface area (Å²) in [6.45, 7) is 5.79. The second kappa shape index (κ2) is 10.4. The van der Waals surface area contributed by atoms with Crippen LogP contribution in [0.2, 0.25) is 5.54 Å². The Morgan fingerprint density at radius 3 is 1.77 bits per heavy atom. The van der Waals surface area contributed by atoms with Crippen LogP contribution in [0.4, 0.5) is 0 Å². The van der Waals surface area contributed by atoms with Gasteiger partial charge in [0.25, 0.3) is 0 Å². The second-order valence-corrected chi connectivity index (χ2v) is 8.58. The number of allylic oxidation sites excluding steroid dienone is 4. The lowest BCUT2D eigenvalue weighted by Crippen LogP contribution is -2.31. The third-order valence-electron chi connectivity index (χ3n) is 4.89. The van der Waals surface area contributed by atoms with Gasteiger partial charge in [-0.3, -0.25) is 0 Å². The van der Waals surface area contributed by atoms with Gasteiger partial charge in [-0.15, -0.1) is 0 Å². The van der Waals surface area contributed by atoms with E-state index in [1.165, 1.54) is 64.2 Å². The molecule has 3 heteroatoms. The maximum absolute atomic E-state index is 6.17. The molecule has 0 aliphatic heterocycles. The minimum atomic E-state index is -1.67. The molecule has 0 aromatic carbocycles. The number of rotatable bonds is 7. The van der Waals surface area contributed by atoms with Crippen LogP contribution in [-0.2, 0) is 8.85 Å². The van der Waals surface area contributed by atoms with Crippen molar-refractivity contribution in [2.45, 2.75) is 83.6 Å². The molecule has 2 aliphatic rings. The molecular formula is C19H34O2Si. The van der Waals surface area contributed by atoms with E-state index in [9.17, 15) is 0 Å². The lowest BCUT2D eigenvalue weighted by atomic mass is 9.97. The quantitative estimate of drug-likeness (QED) is 0.459. The molecule has 0 atom stereocenters. The summed E-state index contributed by atoms with van der Waals surface area (Å²) >= 11 is 0. The minimum absolute atomic E-state index is 0.496. The first kappa shape index (κ1) is 18.0. The molecule has 0 spiro atoms. The molecule has 0 N–H and O–H groups in total. The van der Waals surface area contributed by atoms with Crippen LogP contribution in [0.3, 0.4) is 0 Å². The van der Waals surface area contributed by atoms with E-state index < -0.39 is 9.28 Å². The van der Waals surface area contributed by atoms with Gasteiger partial charge in [0.2, 0.25) is 0 Å². The van der Waals surface area contributed by atoms with Gasteiger partial charge < -0.3 is 8.85 Å². The van der Waals surface area contributed by atoms with Crippen molar-refractivity contribution >= 4 is 9.28 Å². The Morgan fingerprint density at radius 1 is 0.818 bits per heavy atom. The summed E-state index contributed by atoms with van der Waals surface area (Å²) in [5.74, 6) is 0. The van der Waals surface area contributed by atoms with Gasteiger partial charge in [-0.1, -0.05) is 36.1 Å². The van der Waals surface area contributed by atoms with E-state index in [4.69, 9.17) is 8.85 Å². The maximum atomic E-state index is 6.17. The van der Waals surface area contributed by atoms with Crippen LogP contribution in [0.5, 0.6) is 0 Å². The Kier molecular flexibility index (Phi) is 8.49. The van der Waals surface area contributed by atoms with Crippen LogP contribution in [-0.4, -0.2) is 22.5 Å². The van der Waals surface area contributed by atoms with Gasteiger partial charge >= 0.3 is 9.28 Å². The lowest BCUT2D eigenvalue weighted by Gasteiger charge is -2.29. The van der Waals surface area contributed by atoms with Crippen molar-refractivity contribution in [2.24, 2.45) is 0 Å². The maximum Gasteiger partial charge on any atom is 0.333 e. The van der Waals surface area contributed by atoms with Gasteiger partial charge in [-0.25, -0.2) is 0 Å². The molecule has 0 radical (unpaired) electrons. The molecule has 2 rings (SSSR count). The van der Waals surface area contributed by atoms with E-state index in [2.05, 4.69) is 26.0 Å². The summed E-state index contributed by atoms with van der Waals surface area (Å²) in [5.41, 5.74) is 3.78. The third kappa shape index (κ3) is 5.36. The third-order valence-corrected chi connectivity index (χ3v) is 7.61. The van der Waals surface area contributed by atoms with E-state index in [0.717, 1.165) is 13.2 Å². The van der Waals surface area contributed by atoms with E-state index in [1.807, 2.05) is 0 Å². The summed E-state index contributed by atoms with van der Waals surface area (Å²) in [6, 6.07) is 0. The first-order valence-electron chi connectivity index (χ1n) is 9.47. The molecule has 2 nitrogen and oxygen atoms in total. The van der Waals surface area contributed by atoms with Crippen molar-refractivity contribution in [2.75, 3.05) is 13.2 Å². The lowest BCUT2D eigenvalue weighted by molar-refractivity contribution is 0.209. The standard InChI is InChI=1S/C19H34O2Si/c1-3-20-22(21-4-2)19(17-13-9-5-6-10-14-17)18-15-11-7-8-12-16-18/h13,15,19,22H,3-12,14,16H2,1-2H3. The van der Waals surface area contributed by atoms with E-state index in [0.29, 0.717) is 5.54 Å². The zero-order valence-electron chi connectivity index (χ0n) is 14.6. The van der Waals surface area contributed by atoms with Crippen LogP contribution in [0.25, 0.3) is 0 Å². The SMILES string of the molecule is CCO[SiH](OCC)C(C1=CCCCCC1)C1=CCCCCC1. The van der Waals surface area contributed by atoms with Crippen molar-refractivity contribution in [3.63, 3.8) is 0 Å². The largest absolute Gasteiger partial charge is 0.396 e. The Labute approximate surface area is 138 Å². The highest BCUT2D eigenvalue weighted by Crippen LogP contribution is 2.39. The highest BCUT2D eigenvalue weighted by atomic mass is 28.3. The first-order valence-corrected chi connectivity index (χ1v) is 11.1. The number of hydrogen-bond donors (Lipinski definition) is 0. The van der Waals surface area contributed by atoms with E-state index >= 15 is 0 Å². The molecule has 126 valence electrons. The Hall–Kier alpha value is -0.383. The average Bonchev–Trinajstić information content (AvgIpc) is 2.93. The zero-order valence-corrected chi connectivity index (χ0v) is 15.8. The van der Waals surface area contributed by atoms with E-state index in [1.54, 1.807) is 11.1 Å². The molecule has 0 saturated heterocycles. The normalized spacial score (nSPS) is 20.5. The molecule has 0 aromatic rings. The van der Waals surface area contributed by atoms with Crippen LogP contribution in [0.1, 0.15) is 78.1 Å². The van der Waals surface area contributed by atoms with Gasteiger partial charge in [0, 0.05) is 18.8 Å². The second-order valence-electron chi connectivity index (χ2n) is 6.51. The Balaban J connectivity index is 2.24. The van der Waals surface area contributed by atoms with Gasteiger partial charge in [0.15, 0.2) is 0 Å². The molecule has 22 heavy (non-hydrogen) atoms. The zero-order chi connectivity index (χ0) is 15.6. The molecule has 0 amide bonds. The molecular weight excluding hydrogens is 288 g/mol. The Morgan fingerprint density at radius 2 is 1.32 bits per heavy atom. The van der Waals surface area contributed by atoms with Gasteiger partial charge in [0.1, 0.15) is 0 Å². The van der Waals surface area contributed by atoms with Crippen molar-refractivity contribution in [1.82, 2.24) is 0 Å². The molecule has 2 aliphatic carbocycles. The summed E-state index contributed by atoms with van der Waals surface area (Å²) in [5, 5.41) is 0. The smallest absolute Gasteiger partial charge is 0.333 e. The molecule has 0 heterocycles. The first-order chi connectivity index (χ1) is 10.9. The number of hydrogen-bond acceptors (Lipinski definition) is 2. The van der Waals surface area contributed by atoms with Gasteiger partial charge in [0.05, 0.1) is 0 Å². The molecule has 0 saturated carbocycles. The fourth-order valence-electron chi connectivity index (χ4n) is 3.80. The predicted octanol–water partition coefficient (Wildman–Crippen LogP) is 5.43. The summed E-state index contributed by atoms with van der Waals surface area (Å²) in [7, 11) is -1.67. The highest BCUT2D eigenvalue weighted by molar-refractivity contribution is 6.48. The van der Waals surface area contributed by atoms with Crippen LogP contribution < -0.4 is 0 Å². The average molecular weight is 323 g/mol. The van der Waals surface area contributed by atoms with Crippen LogP contribution >= 0.6 is 0 Å². The van der Waals surface area contributed by atoms with Gasteiger partial charge in [-0.05, 0) is 65.2 Å². The van der Waals surface area contributed by atoms with Crippen molar-refractivity contribution in [3.05, 3.63) is 23.3 Å². The van der Waals surface area contributed by atoms with Gasteiger partial charge in [-0.2, -0.15) is 0 Å². The fraction of sp³-hybridized carbons (Fsp3) is 0.789. The van der Waals surface area contributed by atoms with E-state index in [-0.39, 0.29) is 0 Å². The van der Waals surface area contributed by atoms with Crippen LogP contribution in [0.15, 0.2) is 23.3 Å². The molecule has 0 bridgehead atoms. The molecule has 0 unspecified atom stereocenters. The highest BCUT2D eigenvalue weighted by Gasteiger charge is 2.32. The summed E-state index contributed by atoms with van der Waals surface area (Å²) in [6.07, 6.45) is 18.2. The monoisotopic (exact) mass is 322 g/mol. The molecule has 0 fully saturated rings. The molecule has 0 aromatic heterocycles. The Bertz CT molecular complexity index is 342. The minimum Gasteiger partial charge on any atom is -0.396 e. The van der Waals surface area contributed by atoms with Crippen molar-refractivity contribution in [3.8, 4) is 0 Å². The fourth-order valence-corrected chi connectivity index (χ4v) is 6.24. The summed E-state index contributed by atoms with van der Waals surface area (Å²) < 4.78 is 12.3. The topological polar surface area (TPSA) is 18.5 Å². The van der Waals surface area contributed by atoms with Crippen LogP contribution in [0, 0.1) is 0 Å². The summed E-state index contributed by atoms with van der Waals surface area (Å²) in [4.78, 5) is 0. The predicted molar refractivity (Wildman–Crippen MR) is 96.5 cm³/mol.